The molecule has 0 saturated heterocycles. The largest absolute Gasteiger partial charge is 0.454 e. The molecule has 3 rings (SSSR count). The number of ether oxygens (including phenoxy) is 1. The van der Waals surface area contributed by atoms with Crippen molar-refractivity contribution in [2.24, 2.45) is 7.05 Å². The zero-order valence-corrected chi connectivity index (χ0v) is 15.2. The van der Waals surface area contributed by atoms with E-state index in [4.69, 9.17) is 4.74 Å². The van der Waals surface area contributed by atoms with Crippen LogP contribution in [0.4, 0.5) is 0 Å². The fourth-order valence-corrected chi connectivity index (χ4v) is 2.83. The molecule has 0 atom stereocenters. The molecule has 0 aliphatic carbocycles. The van der Waals surface area contributed by atoms with E-state index in [1.165, 1.54) is 6.92 Å². The summed E-state index contributed by atoms with van der Waals surface area (Å²) in [5, 5.41) is 3.48. The Balaban J connectivity index is 1.63. The minimum Gasteiger partial charge on any atom is -0.454 e. The van der Waals surface area contributed by atoms with Crippen molar-refractivity contribution in [2.75, 3.05) is 6.61 Å². The highest BCUT2D eigenvalue weighted by molar-refractivity contribution is 6.05. The first-order valence-corrected chi connectivity index (χ1v) is 8.53. The van der Waals surface area contributed by atoms with Gasteiger partial charge in [-0.3, -0.25) is 9.59 Å². The number of nitrogens with one attached hydrogen (secondary N) is 1. The molecule has 2 aromatic carbocycles. The minimum atomic E-state index is -0.526. The summed E-state index contributed by atoms with van der Waals surface area (Å²) in [6.07, 6.45) is 1.70. The fourth-order valence-electron chi connectivity index (χ4n) is 2.83. The van der Waals surface area contributed by atoms with Gasteiger partial charge in [-0.15, -0.1) is 0 Å². The SMILES string of the molecule is CC(=O)NCc1ccc(C(=O)COC(=O)c2cn(C)c3ccccc23)cc1. The summed E-state index contributed by atoms with van der Waals surface area (Å²) >= 11 is 0. The van der Waals surface area contributed by atoms with Crippen LogP contribution in [-0.4, -0.2) is 28.8 Å². The molecule has 0 unspecified atom stereocenters. The van der Waals surface area contributed by atoms with Gasteiger partial charge < -0.3 is 14.6 Å². The average Bonchev–Trinajstić information content (AvgIpc) is 3.02. The lowest BCUT2D eigenvalue weighted by molar-refractivity contribution is -0.119. The number of benzene rings is 2. The van der Waals surface area contributed by atoms with Crippen molar-refractivity contribution in [1.82, 2.24) is 9.88 Å². The molecule has 0 aliphatic heterocycles. The van der Waals surface area contributed by atoms with Crippen molar-refractivity contribution in [3.8, 4) is 0 Å². The number of fused-ring (bicyclic) bond motifs is 1. The summed E-state index contributed by atoms with van der Waals surface area (Å²) in [6, 6.07) is 14.4. The monoisotopic (exact) mass is 364 g/mol. The Bertz CT molecular complexity index is 1000. The van der Waals surface area contributed by atoms with Crippen molar-refractivity contribution in [2.45, 2.75) is 13.5 Å². The molecule has 138 valence electrons. The number of amides is 1. The van der Waals surface area contributed by atoms with Gasteiger partial charge in [0.2, 0.25) is 5.91 Å². The van der Waals surface area contributed by atoms with E-state index in [1.54, 1.807) is 30.5 Å². The Morgan fingerprint density at radius 3 is 2.44 bits per heavy atom. The molecule has 0 spiro atoms. The Morgan fingerprint density at radius 2 is 1.74 bits per heavy atom. The van der Waals surface area contributed by atoms with Crippen molar-refractivity contribution < 1.29 is 19.1 Å². The summed E-state index contributed by atoms with van der Waals surface area (Å²) in [7, 11) is 1.85. The van der Waals surface area contributed by atoms with Crippen molar-refractivity contribution in [3.63, 3.8) is 0 Å². The van der Waals surface area contributed by atoms with Crippen molar-refractivity contribution in [3.05, 3.63) is 71.4 Å². The molecule has 1 heterocycles. The molecule has 0 radical (unpaired) electrons. The molecule has 0 fully saturated rings. The highest BCUT2D eigenvalue weighted by Crippen LogP contribution is 2.21. The number of rotatable bonds is 6. The first-order chi connectivity index (χ1) is 13.0. The second-order valence-corrected chi connectivity index (χ2v) is 6.28. The summed E-state index contributed by atoms with van der Waals surface area (Å²) < 4.78 is 7.06. The fraction of sp³-hybridized carbons (Fsp3) is 0.190. The van der Waals surface area contributed by atoms with Gasteiger partial charge in [-0.05, 0) is 11.6 Å². The number of aryl methyl sites for hydroxylation is 1. The molecule has 1 aromatic heterocycles. The normalized spacial score (nSPS) is 10.6. The van der Waals surface area contributed by atoms with Crippen LogP contribution in [0.2, 0.25) is 0 Å². The van der Waals surface area contributed by atoms with Crippen LogP contribution in [0.5, 0.6) is 0 Å². The smallest absolute Gasteiger partial charge is 0.340 e. The summed E-state index contributed by atoms with van der Waals surface area (Å²) in [5.74, 6) is -0.924. The Labute approximate surface area is 156 Å². The lowest BCUT2D eigenvalue weighted by Gasteiger charge is -2.06. The van der Waals surface area contributed by atoms with Crippen LogP contribution in [0.15, 0.2) is 54.7 Å². The Morgan fingerprint density at radius 1 is 1.04 bits per heavy atom. The number of hydrogen-bond acceptors (Lipinski definition) is 4. The third kappa shape index (κ3) is 4.23. The number of nitrogens with zero attached hydrogens (tertiary/aromatic N) is 1. The molecule has 6 nitrogen and oxygen atoms in total. The summed E-state index contributed by atoms with van der Waals surface area (Å²) in [5.41, 5.74) is 2.69. The lowest BCUT2D eigenvalue weighted by atomic mass is 10.1. The van der Waals surface area contributed by atoms with Crippen LogP contribution in [0.3, 0.4) is 0 Å². The molecule has 27 heavy (non-hydrogen) atoms. The van der Waals surface area contributed by atoms with Gasteiger partial charge in [-0.1, -0.05) is 42.5 Å². The summed E-state index contributed by atoms with van der Waals surface area (Å²) in [4.78, 5) is 35.6. The molecule has 1 N–H and O–H groups in total. The topological polar surface area (TPSA) is 77.4 Å². The maximum atomic E-state index is 12.4. The number of esters is 1. The highest BCUT2D eigenvalue weighted by Gasteiger charge is 2.16. The van der Waals surface area contributed by atoms with Crippen LogP contribution in [0.1, 0.15) is 33.2 Å². The van der Waals surface area contributed by atoms with E-state index in [0.717, 1.165) is 16.5 Å². The van der Waals surface area contributed by atoms with Crippen LogP contribution < -0.4 is 5.32 Å². The predicted octanol–water partition coefficient (Wildman–Crippen LogP) is 2.85. The van der Waals surface area contributed by atoms with E-state index < -0.39 is 5.97 Å². The van der Waals surface area contributed by atoms with E-state index in [-0.39, 0.29) is 18.3 Å². The molecule has 6 heteroatoms. The third-order valence-electron chi connectivity index (χ3n) is 4.27. The first kappa shape index (κ1) is 18.4. The number of carbonyl (C=O) groups is 3. The van der Waals surface area contributed by atoms with Gasteiger partial charge in [0, 0.05) is 43.2 Å². The molecular formula is C21H20N2O4. The van der Waals surface area contributed by atoms with Gasteiger partial charge in [0.25, 0.3) is 0 Å². The van der Waals surface area contributed by atoms with Gasteiger partial charge in [0.1, 0.15) is 0 Å². The average molecular weight is 364 g/mol. The van der Waals surface area contributed by atoms with Gasteiger partial charge in [-0.25, -0.2) is 4.79 Å². The van der Waals surface area contributed by atoms with Crippen molar-refractivity contribution >= 4 is 28.6 Å². The maximum absolute atomic E-state index is 12.4. The van der Waals surface area contributed by atoms with Crippen LogP contribution >= 0.6 is 0 Å². The molecule has 0 bridgehead atoms. The molecule has 0 aliphatic rings. The predicted molar refractivity (Wildman–Crippen MR) is 101 cm³/mol. The first-order valence-electron chi connectivity index (χ1n) is 8.53. The van der Waals surface area contributed by atoms with E-state index in [1.807, 2.05) is 35.9 Å². The van der Waals surface area contributed by atoms with Crippen LogP contribution in [-0.2, 0) is 23.1 Å². The van der Waals surface area contributed by atoms with Crippen LogP contribution in [0.25, 0.3) is 10.9 Å². The quantitative estimate of drug-likeness (QED) is 0.539. The highest BCUT2D eigenvalue weighted by atomic mass is 16.5. The molecule has 1 amide bonds. The number of ketones is 1. The Hall–Kier alpha value is -3.41. The zero-order valence-electron chi connectivity index (χ0n) is 15.2. The third-order valence-corrected chi connectivity index (χ3v) is 4.27. The van der Waals surface area contributed by atoms with Gasteiger partial charge >= 0.3 is 5.97 Å². The molecular weight excluding hydrogens is 344 g/mol. The van der Waals surface area contributed by atoms with Crippen molar-refractivity contribution in [1.29, 1.82) is 0 Å². The van der Waals surface area contributed by atoms with Gasteiger partial charge in [0.05, 0.1) is 5.56 Å². The lowest BCUT2D eigenvalue weighted by Crippen LogP contribution is -2.19. The standard InChI is InChI=1S/C21H20N2O4/c1-14(24)22-11-15-7-9-16(10-8-15)20(25)13-27-21(26)18-12-23(2)19-6-4-3-5-17(18)19/h3-10,12H,11,13H2,1-2H3,(H,22,24). The zero-order chi connectivity index (χ0) is 19.4. The number of para-hydroxylation sites is 1. The molecule has 0 saturated carbocycles. The second-order valence-electron chi connectivity index (χ2n) is 6.28. The number of carbonyl (C=O) groups excluding carboxylic acids is 3. The second kappa shape index (κ2) is 7.86. The van der Waals surface area contributed by atoms with E-state index in [2.05, 4.69) is 5.32 Å². The van der Waals surface area contributed by atoms with Gasteiger partial charge in [0.15, 0.2) is 12.4 Å². The number of Topliss-reactive ketones (excluding diaryl/α,β-unsaturated/α-hetero) is 1. The number of hydrogen-bond donors (Lipinski definition) is 1. The summed E-state index contributed by atoms with van der Waals surface area (Å²) in [6.45, 7) is 1.52. The maximum Gasteiger partial charge on any atom is 0.340 e. The van der Waals surface area contributed by atoms with E-state index >= 15 is 0 Å². The van der Waals surface area contributed by atoms with Gasteiger partial charge in [-0.2, -0.15) is 0 Å². The number of aromatic nitrogens is 1. The Kier molecular flexibility index (Phi) is 5.35. The minimum absolute atomic E-state index is 0.115. The van der Waals surface area contributed by atoms with Crippen LogP contribution in [0, 0.1) is 0 Å². The van der Waals surface area contributed by atoms with E-state index in [0.29, 0.717) is 17.7 Å². The molecule has 3 aromatic rings. The van der Waals surface area contributed by atoms with E-state index in [9.17, 15) is 14.4 Å².